The number of nitrogens with one attached hydrogen (secondary N) is 1. The van der Waals surface area contributed by atoms with Gasteiger partial charge in [0.2, 0.25) is 10.0 Å². The minimum absolute atomic E-state index is 0.124. The van der Waals surface area contributed by atoms with E-state index in [0.29, 0.717) is 19.0 Å². The lowest BCUT2D eigenvalue weighted by molar-refractivity contribution is 0.117. The SMILES string of the molecule is CNCCCS(=O)(=O)N1CC2CCCN2CC1C. The largest absolute Gasteiger partial charge is 0.320 e. The third-order valence-corrected chi connectivity index (χ3v) is 6.09. The zero-order chi connectivity index (χ0) is 13.2. The average Bonchev–Trinajstić information content (AvgIpc) is 2.75. The Morgan fingerprint density at radius 1 is 1.33 bits per heavy atom. The first-order valence-electron chi connectivity index (χ1n) is 6.93. The Kier molecular flexibility index (Phi) is 4.64. The first kappa shape index (κ1) is 14.2. The predicted octanol–water partition coefficient (Wildman–Crippen LogP) is 0.0942. The number of hydrogen-bond acceptors (Lipinski definition) is 4. The molecule has 0 saturated carbocycles. The predicted molar refractivity (Wildman–Crippen MR) is 73.1 cm³/mol. The van der Waals surface area contributed by atoms with E-state index in [0.717, 1.165) is 26.1 Å². The van der Waals surface area contributed by atoms with Gasteiger partial charge in [0.15, 0.2) is 0 Å². The van der Waals surface area contributed by atoms with Crippen LogP contribution in [0.4, 0.5) is 0 Å². The Hall–Kier alpha value is -0.170. The molecule has 2 saturated heterocycles. The highest BCUT2D eigenvalue weighted by atomic mass is 32.2. The third kappa shape index (κ3) is 3.04. The van der Waals surface area contributed by atoms with Gasteiger partial charge in [-0.25, -0.2) is 8.42 Å². The standard InChI is InChI=1S/C12H25N3O2S/c1-11-9-14-7-3-5-12(14)10-15(11)18(16,17)8-4-6-13-2/h11-13H,3-10H2,1-2H3. The molecule has 2 aliphatic rings. The zero-order valence-electron chi connectivity index (χ0n) is 11.4. The lowest BCUT2D eigenvalue weighted by atomic mass is 10.1. The molecule has 0 spiro atoms. The van der Waals surface area contributed by atoms with E-state index in [1.54, 1.807) is 4.31 Å². The minimum Gasteiger partial charge on any atom is -0.320 e. The van der Waals surface area contributed by atoms with Crippen molar-refractivity contribution in [1.82, 2.24) is 14.5 Å². The molecule has 1 N–H and O–H groups in total. The van der Waals surface area contributed by atoms with Crippen LogP contribution in [0.25, 0.3) is 0 Å². The zero-order valence-corrected chi connectivity index (χ0v) is 12.2. The summed E-state index contributed by atoms with van der Waals surface area (Å²) in [6.45, 7) is 5.53. The first-order valence-corrected chi connectivity index (χ1v) is 8.53. The maximum Gasteiger partial charge on any atom is 0.214 e. The van der Waals surface area contributed by atoms with Crippen LogP contribution in [0.2, 0.25) is 0 Å². The fourth-order valence-corrected chi connectivity index (χ4v) is 4.85. The monoisotopic (exact) mass is 275 g/mol. The van der Waals surface area contributed by atoms with Crippen molar-refractivity contribution in [2.24, 2.45) is 0 Å². The van der Waals surface area contributed by atoms with Crippen LogP contribution in [0.3, 0.4) is 0 Å². The molecule has 0 amide bonds. The molecule has 18 heavy (non-hydrogen) atoms. The van der Waals surface area contributed by atoms with Crippen molar-refractivity contribution in [3.8, 4) is 0 Å². The minimum atomic E-state index is -3.08. The fourth-order valence-electron chi connectivity index (χ4n) is 3.10. The maximum absolute atomic E-state index is 12.3. The molecule has 2 aliphatic heterocycles. The van der Waals surface area contributed by atoms with E-state index in [4.69, 9.17) is 0 Å². The summed E-state index contributed by atoms with van der Waals surface area (Å²) in [4.78, 5) is 2.45. The van der Waals surface area contributed by atoms with Crippen molar-refractivity contribution in [3.63, 3.8) is 0 Å². The summed E-state index contributed by atoms with van der Waals surface area (Å²) in [6, 6.07) is 0.583. The van der Waals surface area contributed by atoms with Gasteiger partial charge in [0.25, 0.3) is 0 Å². The smallest absolute Gasteiger partial charge is 0.214 e. The van der Waals surface area contributed by atoms with Crippen LogP contribution in [0.15, 0.2) is 0 Å². The molecule has 2 heterocycles. The van der Waals surface area contributed by atoms with Crippen LogP contribution in [-0.4, -0.2) is 68.7 Å². The summed E-state index contributed by atoms with van der Waals surface area (Å²) in [6.07, 6.45) is 3.05. The van der Waals surface area contributed by atoms with Crippen molar-refractivity contribution in [1.29, 1.82) is 0 Å². The second-order valence-electron chi connectivity index (χ2n) is 5.48. The number of hydrogen-bond donors (Lipinski definition) is 1. The quantitative estimate of drug-likeness (QED) is 0.723. The second-order valence-corrected chi connectivity index (χ2v) is 7.52. The normalized spacial score (nSPS) is 30.6. The molecule has 2 fully saturated rings. The summed E-state index contributed by atoms with van der Waals surface area (Å²) < 4.78 is 26.4. The Morgan fingerprint density at radius 2 is 2.11 bits per heavy atom. The summed E-state index contributed by atoms with van der Waals surface area (Å²) in [5.41, 5.74) is 0. The Bertz CT molecular complexity index is 372. The summed E-state index contributed by atoms with van der Waals surface area (Å²) in [5.74, 6) is 0.269. The van der Waals surface area contributed by atoms with Gasteiger partial charge in [-0.15, -0.1) is 0 Å². The number of fused-ring (bicyclic) bond motifs is 1. The van der Waals surface area contributed by atoms with E-state index in [2.05, 4.69) is 10.2 Å². The Morgan fingerprint density at radius 3 is 2.83 bits per heavy atom. The van der Waals surface area contributed by atoms with E-state index < -0.39 is 10.0 Å². The molecule has 2 rings (SSSR count). The van der Waals surface area contributed by atoms with E-state index in [-0.39, 0.29) is 11.8 Å². The highest BCUT2D eigenvalue weighted by molar-refractivity contribution is 7.89. The molecule has 0 bridgehead atoms. The van der Waals surface area contributed by atoms with Gasteiger partial charge in [0.1, 0.15) is 0 Å². The van der Waals surface area contributed by atoms with Crippen molar-refractivity contribution in [3.05, 3.63) is 0 Å². The molecule has 5 nitrogen and oxygen atoms in total. The van der Waals surface area contributed by atoms with Gasteiger partial charge in [-0.05, 0) is 46.3 Å². The summed E-state index contributed by atoms with van der Waals surface area (Å²) in [5, 5.41) is 3.00. The van der Waals surface area contributed by atoms with Crippen molar-refractivity contribution >= 4 is 10.0 Å². The molecule has 106 valence electrons. The lowest BCUT2D eigenvalue weighted by Crippen LogP contribution is -2.57. The van der Waals surface area contributed by atoms with Crippen molar-refractivity contribution in [2.75, 3.05) is 39.0 Å². The molecule has 0 aliphatic carbocycles. The van der Waals surface area contributed by atoms with Crippen LogP contribution < -0.4 is 5.32 Å². The van der Waals surface area contributed by atoms with Crippen LogP contribution >= 0.6 is 0 Å². The van der Waals surface area contributed by atoms with E-state index in [9.17, 15) is 8.42 Å². The van der Waals surface area contributed by atoms with Gasteiger partial charge >= 0.3 is 0 Å². The molecule has 0 aromatic rings. The maximum atomic E-state index is 12.3. The number of sulfonamides is 1. The van der Waals surface area contributed by atoms with Gasteiger partial charge in [-0.2, -0.15) is 4.31 Å². The van der Waals surface area contributed by atoms with E-state index in [1.165, 1.54) is 6.42 Å². The Balaban J connectivity index is 1.98. The third-order valence-electron chi connectivity index (χ3n) is 4.07. The van der Waals surface area contributed by atoms with Crippen molar-refractivity contribution in [2.45, 2.75) is 38.3 Å². The van der Waals surface area contributed by atoms with Crippen LogP contribution in [0, 0.1) is 0 Å². The van der Waals surface area contributed by atoms with Gasteiger partial charge in [-0.3, -0.25) is 4.90 Å². The molecular weight excluding hydrogens is 250 g/mol. The summed E-state index contributed by atoms with van der Waals surface area (Å²) >= 11 is 0. The molecule has 2 unspecified atom stereocenters. The van der Waals surface area contributed by atoms with Gasteiger partial charge in [0, 0.05) is 25.2 Å². The second kappa shape index (κ2) is 5.86. The number of rotatable bonds is 5. The van der Waals surface area contributed by atoms with Crippen LogP contribution in [0.1, 0.15) is 26.2 Å². The van der Waals surface area contributed by atoms with E-state index in [1.807, 2.05) is 14.0 Å². The summed E-state index contributed by atoms with van der Waals surface area (Å²) in [7, 11) is -1.22. The van der Waals surface area contributed by atoms with Crippen LogP contribution in [-0.2, 0) is 10.0 Å². The average molecular weight is 275 g/mol. The van der Waals surface area contributed by atoms with Crippen LogP contribution in [0.5, 0.6) is 0 Å². The first-order chi connectivity index (χ1) is 8.54. The highest BCUT2D eigenvalue weighted by Gasteiger charge is 2.39. The van der Waals surface area contributed by atoms with Crippen molar-refractivity contribution < 1.29 is 8.42 Å². The molecule has 0 aromatic heterocycles. The van der Waals surface area contributed by atoms with Gasteiger partial charge in [0.05, 0.1) is 5.75 Å². The van der Waals surface area contributed by atoms with E-state index >= 15 is 0 Å². The Labute approximate surface area is 111 Å². The molecule has 6 heteroatoms. The lowest BCUT2D eigenvalue weighted by Gasteiger charge is -2.41. The van der Waals surface area contributed by atoms with Gasteiger partial charge < -0.3 is 5.32 Å². The molecule has 0 aromatic carbocycles. The van der Waals surface area contributed by atoms with Gasteiger partial charge in [-0.1, -0.05) is 0 Å². The number of piperazine rings is 1. The molecule has 2 atom stereocenters. The highest BCUT2D eigenvalue weighted by Crippen LogP contribution is 2.26. The number of nitrogens with zero attached hydrogens (tertiary/aromatic N) is 2. The molecular formula is C12H25N3O2S. The molecule has 0 radical (unpaired) electrons. The fraction of sp³-hybridized carbons (Fsp3) is 1.00. The topological polar surface area (TPSA) is 52.7 Å².